The molecule has 0 bridgehead atoms. The Morgan fingerprint density at radius 3 is 2.07 bits per heavy atom. The highest BCUT2D eigenvalue weighted by molar-refractivity contribution is 6.07. The summed E-state index contributed by atoms with van der Waals surface area (Å²) in [6, 6.07) is 14.7. The molecule has 0 heterocycles. The number of hydrogen-bond acceptors (Lipinski definition) is 6. The summed E-state index contributed by atoms with van der Waals surface area (Å²) in [6.07, 6.45) is 0.190. The lowest BCUT2D eigenvalue weighted by Crippen LogP contribution is -2.61. The van der Waals surface area contributed by atoms with Gasteiger partial charge in [-0.2, -0.15) is 0 Å². The van der Waals surface area contributed by atoms with Gasteiger partial charge in [-0.3, -0.25) is 4.79 Å². The third-order valence-electron chi connectivity index (χ3n) is 4.43. The molecule has 0 spiro atoms. The second kappa shape index (κ2) is 10.3. The van der Waals surface area contributed by atoms with Gasteiger partial charge in [0, 0.05) is 6.42 Å². The Labute approximate surface area is 170 Å². The van der Waals surface area contributed by atoms with Crippen LogP contribution in [0.4, 0.5) is 0 Å². The number of carbonyl (C=O) groups excluding carboxylic acids is 3. The summed E-state index contributed by atoms with van der Waals surface area (Å²) in [6.45, 7) is 3.36. The van der Waals surface area contributed by atoms with Crippen molar-refractivity contribution in [2.24, 2.45) is 0 Å². The lowest BCUT2D eigenvalue weighted by Gasteiger charge is -2.29. The third kappa shape index (κ3) is 4.93. The van der Waals surface area contributed by atoms with Crippen molar-refractivity contribution in [2.45, 2.75) is 25.8 Å². The minimum Gasteiger partial charge on any atom is -0.497 e. The number of benzene rings is 2. The lowest BCUT2D eigenvalue weighted by atomic mass is 9.86. The number of methoxy groups -OCH3 is 1. The van der Waals surface area contributed by atoms with Crippen molar-refractivity contribution in [3.63, 3.8) is 0 Å². The summed E-state index contributed by atoms with van der Waals surface area (Å²) >= 11 is 0. The predicted molar refractivity (Wildman–Crippen MR) is 107 cm³/mol. The van der Waals surface area contributed by atoms with Crippen LogP contribution < -0.4 is 10.1 Å². The number of esters is 2. The molecule has 0 aliphatic heterocycles. The van der Waals surface area contributed by atoms with Crippen molar-refractivity contribution in [1.82, 2.24) is 5.32 Å². The van der Waals surface area contributed by atoms with E-state index in [0.29, 0.717) is 17.7 Å². The molecule has 0 aliphatic carbocycles. The summed E-state index contributed by atoms with van der Waals surface area (Å²) in [5.74, 6) is -1.02. The highest BCUT2D eigenvalue weighted by atomic mass is 16.6. The van der Waals surface area contributed by atoms with Gasteiger partial charge >= 0.3 is 11.9 Å². The Bertz CT molecular complexity index is 829. The maximum Gasteiger partial charge on any atom is 0.344 e. The largest absolute Gasteiger partial charge is 0.497 e. The molecule has 0 aromatic heterocycles. The SMILES string of the molecule is CCOC(=O)C(Cc1ccccc1-c1ccc(OC)cc1)(NC=O)C(=O)OCC. The van der Waals surface area contributed by atoms with Gasteiger partial charge in [-0.15, -0.1) is 0 Å². The van der Waals surface area contributed by atoms with Gasteiger partial charge in [-0.25, -0.2) is 9.59 Å². The Hall–Kier alpha value is -3.35. The summed E-state index contributed by atoms with van der Waals surface area (Å²) in [7, 11) is 1.58. The fourth-order valence-electron chi connectivity index (χ4n) is 3.02. The van der Waals surface area contributed by atoms with Crippen LogP contribution in [0.5, 0.6) is 5.75 Å². The summed E-state index contributed by atoms with van der Waals surface area (Å²) in [5.41, 5.74) is 0.374. The molecule has 0 atom stereocenters. The average Bonchev–Trinajstić information content (AvgIpc) is 2.74. The van der Waals surface area contributed by atoms with Crippen molar-refractivity contribution in [2.75, 3.05) is 20.3 Å². The van der Waals surface area contributed by atoms with Crippen LogP contribution >= 0.6 is 0 Å². The number of nitrogens with one attached hydrogen (secondary N) is 1. The minimum absolute atomic E-state index is 0.0562. The Kier molecular flexibility index (Phi) is 7.77. The number of amides is 1. The highest BCUT2D eigenvalue weighted by Crippen LogP contribution is 2.29. The van der Waals surface area contributed by atoms with Gasteiger partial charge in [0.2, 0.25) is 11.9 Å². The molecule has 0 unspecified atom stereocenters. The normalized spacial score (nSPS) is 10.7. The summed E-state index contributed by atoms with van der Waals surface area (Å²) in [5, 5.41) is 2.36. The zero-order valence-corrected chi connectivity index (χ0v) is 16.8. The number of ether oxygens (including phenoxy) is 3. The Balaban J connectivity index is 2.53. The maximum atomic E-state index is 12.7. The molecule has 0 fully saturated rings. The van der Waals surface area contributed by atoms with Crippen LogP contribution in [0, 0.1) is 0 Å². The van der Waals surface area contributed by atoms with E-state index in [1.165, 1.54) is 0 Å². The molecule has 7 nitrogen and oxygen atoms in total. The van der Waals surface area contributed by atoms with Gasteiger partial charge in [-0.1, -0.05) is 36.4 Å². The van der Waals surface area contributed by atoms with Crippen molar-refractivity contribution in [1.29, 1.82) is 0 Å². The van der Waals surface area contributed by atoms with Crippen LogP contribution in [0.15, 0.2) is 48.5 Å². The molecule has 0 saturated heterocycles. The fraction of sp³-hybridized carbons (Fsp3) is 0.318. The van der Waals surface area contributed by atoms with E-state index in [-0.39, 0.29) is 19.6 Å². The molecule has 29 heavy (non-hydrogen) atoms. The standard InChI is InChI=1S/C22H25NO6/c1-4-28-20(25)22(23-15-24,21(26)29-5-2)14-17-8-6-7-9-19(17)16-10-12-18(27-3)13-11-16/h6-13,15H,4-5,14H2,1-3H3,(H,23,24). The van der Waals surface area contributed by atoms with Crippen LogP contribution in [0.25, 0.3) is 11.1 Å². The van der Waals surface area contributed by atoms with E-state index >= 15 is 0 Å². The first-order chi connectivity index (χ1) is 14.0. The van der Waals surface area contributed by atoms with E-state index < -0.39 is 17.5 Å². The van der Waals surface area contributed by atoms with Crippen LogP contribution in [0.1, 0.15) is 19.4 Å². The second-order valence-corrected chi connectivity index (χ2v) is 6.17. The average molecular weight is 399 g/mol. The smallest absolute Gasteiger partial charge is 0.344 e. The van der Waals surface area contributed by atoms with Crippen molar-refractivity contribution in [3.05, 3.63) is 54.1 Å². The summed E-state index contributed by atoms with van der Waals surface area (Å²) in [4.78, 5) is 36.8. The molecule has 1 amide bonds. The maximum absolute atomic E-state index is 12.7. The van der Waals surface area contributed by atoms with Gasteiger partial charge in [0.1, 0.15) is 5.75 Å². The van der Waals surface area contributed by atoms with Gasteiger partial charge in [-0.05, 0) is 42.7 Å². The zero-order valence-electron chi connectivity index (χ0n) is 16.8. The molecule has 154 valence electrons. The molecule has 2 aromatic carbocycles. The fourth-order valence-corrected chi connectivity index (χ4v) is 3.02. The van der Waals surface area contributed by atoms with Gasteiger partial charge in [0.05, 0.1) is 20.3 Å². The number of rotatable bonds is 10. The lowest BCUT2D eigenvalue weighted by molar-refractivity contribution is -0.167. The van der Waals surface area contributed by atoms with E-state index in [1.807, 2.05) is 36.4 Å². The Morgan fingerprint density at radius 2 is 1.55 bits per heavy atom. The zero-order chi connectivity index (χ0) is 21.3. The van der Waals surface area contributed by atoms with Crippen LogP contribution in [-0.2, 0) is 30.3 Å². The van der Waals surface area contributed by atoms with Gasteiger partial charge < -0.3 is 19.5 Å². The van der Waals surface area contributed by atoms with E-state index in [2.05, 4.69) is 5.32 Å². The molecule has 2 aromatic rings. The Morgan fingerprint density at radius 1 is 0.966 bits per heavy atom. The topological polar surface area (TPSA) is 90.9 Å². The van der Waals surface area contributed by atoms with E-state index in [1.54, 1.807) is 33.1 Å². The summed E-state index contributed by atoms with van der Waals surface area (Å²) < 4.78 is 15.4. The van der Waals surface area contributed by atoms with E-state index in [9.17, 15) is 14.4 Å². The molecule has 0 saturated carbocycles. The van der Waals surface area contributed by atoms with Crippen molar-refractivity contribution in [3.8, 4) is 16.9 Å². The molecule has 0 radical (unpaired) electrons. The molecule has 7 heteroatoms. The number of carbonyl (C=O) groups is 3. The molecule has 1 N–H and O–H groups in total. The van der Waals surface area contributed by atoms with Gasteiger partial charge in [0.25, 0.3) is 0 Å². The minimum atomic E-state index is -1.98. The first-order valence-corrected chi connectivity index (χ1v) is 9.30. The van der Waals surface area contributed by atoms with Crippen molar-refractivity contribution < 1.29 is 28.6 Å². The van der Waals surface area contributed by atoms with Crippen LogP contribution in [-0.4, -0.2) is 44.2 Å². The van der Waals surface area contributed by atoms with Crippen LogP contribution in [0.3, 0.4) is 0 Å². The predicted octanol–water partition coefficient (Wildman–Crippen LogP) is 2.52. The third-order valence-corrected chi connectivity index (χ3v) is 4.43. The molecular weight excluding hydrogens is 374 g/mol. The quantitative estimate of drug-likeness (QED) is 0.375. The van der Waals surface area contributed by atoms with E-state index in [4.69, 9.17) is 14.2 Å². The van der Waals surface area contributed by atoms with Crippen molar-refractivity contribution >= 4 is 18.3 Å². The molecule has 2 rings (SSSR count). The number of hydrogen-bond donors (Lipinski definition) is 1. The second-order valence-electron chi connectivity index (χ2n) is 6.17. The monoisotopic (exact) mass is 399 g/mol. The van der Waals surface area contributed by atoms with Crippen LogP contribution in [0.2, 0.25) is 0 Å². The first-order valence-electron chi connectivity index (χ1n) is 9.30. The molecule has 0 aliphatic rings. The first kappa shape index (κ1) is 21.9. The van der Waals surface area contributed by atoms with E-state index in [0.717, 1.165) is 11.1 Å². The van der Waals surface area contributed by atoms with Gasteiger partial charge in [0.15, 0.2) is 0 Å². The molecular formula is C22H25NO6. The highest BCUT2D eigenvalue weighted by Gasteiger charge is 2.49.